The number of aliphatic carboxylic acids is 2. The van der Waals surface area contributed by atoms with E-state index < -0.39 is 78.5 Å². The Kier molecular flexibility index (Phi) is 12.8. The number of carboxylic acid groups (broad SMARTS) is 2. The summed E-state index contributed by atoms with van der Waals surface area (Å²) in [4.78, 5) is 83.3. The van der Waals surface area contributed by atoms with Gasteiger partial charge >= 0.3 is 11.9 Å². The van der Waals surface area contributed by atoms with Gasteiger partial charge in [-0.3, -0.25) is 28.8 Å². The number of rotatable bonds is 17. The molecule has 12 N–H and O–H groups in total. The van der Waals surface area contributed by atoms with Crippen LogP contribution in [0.3, 0.4) is 0 Å². The van der Waals surface area contributed by atoms with Gasteiger partial charge in [-0.25, -0.2) is 4.79 Å². The van der Waals surface area contributed by atoms with Crippen molar-refractivity contribution in [2.75, 3.05) is 0 Å². The summed E-state index contributed by atoms with van der Waals surface area (Å²) in [7, 11) is 0. The molecule has 16 heteroatoms. The highest BCUT2D eigenvalue weighted by Crippen LogP contribution is 2.12. The van der Waals surface area contributed by atoms with E-state index in [9.17, 15) is 43.8 Å². The van der Waals surface area contributed by atoms with E-state index in [-0.39, 0.29) is 31.4 Å². The van der Waals surface area contributed by atoms with Crippen LogP contribution in [0, 0.1) is 0 Å². The van der Waals surface area contributed by atoms with Crippen LogP contribution in [0.25, 0.3) is 0 Å². The van der Waals surface area contributed by atoms with E-state index in [0.717, 1.165) is 0 Å². The second kappa shape index (κ2) is 15.5. The van der Waals surface area contributed by atoms with Gasteiger partial charge in [0.05, 0.1) is 12.5 Å². The molecule has 16 nitrogen and oxygen atoms in total. The predicted molar refractivity (Wildman–Crippen MR) is 132 cm³/mol. The third-order valence-corrected chi connectivity index (χ3v) is 5.35. The van der Waals surface area contributed by atoms with Crippen LogP contribution in [-0.4, -0.2) is 81.0 Å². The molecule has 1 rings (SSSR count). The standard InChI is InChI=1S/C23H32N6O10/c24-13(5-8-19(33)34)20(35)27-14(6-7-17(25)31)21(36)28-15(9-11-1-3-12(30)4-2-11)22(37)29-16(23(38)39)10-18(26)32/h1-4,13-16,30H,5-10,24H2,(H2,25,31)(H2,26,32)(H,27,35)(H,28,36)(H,29,37)(H,33,34)(H,38,39). The van der Waals surface area contributed by atoms with Crippen molar-refractivity contribution in [3.8, 4) is 5.75 Å². The number of carbonyl (C=O) groups is 7. The van der Waals surface area contributed by atoms with Crippen molar-refractivity contribution in [1.82, 2.24) is 16.0 Å². The minimum Gasteiger partial charge on any atom is -0.508 e. The largest absolute Gasteiger partial charge is 0.508 e. The van der Waals surface area contributed by atoms with Crippen LogP contribution in [0.1, 0.15) is 37.7 Å². The number of benzene rings is 1. The third-order valence-electron chi connectivity index (χ3n) is 5.35. The Morgan fingerprint density at radius 3 is 1.77 bits per heavy atom. The van der Waals surface area contributed by atoms with Crippen LogP contribution in [0.5, 0.6) is 5.75 Å². The summed E-state index contributed by atoms with van der Waals surface area (Å²) < 4.78 is 0. The summed E-state index contributed by atoms with van der Waals surface area (Å²) in [6.07, 6.45) is -2.25. The average Bonchev–Trinajstić information content (AvgIpc) is 2.84. The summed E-state index contributed by atoms with van der Waals surface area (Å²) in [6.45, 7) is 0. The molecule has 0 bridgehead atoms. The minimum atomic E-state index is -1.70. The highest BCUT2D eigenvalue weighted by Gasteiger charge is 2.31. The average molecular weight is 553 g/mol. The first-order valence-corrected chi connectivity index (χ1v) is 11.6. The van der Waals surface area contributed by atoms with E-state index in [4.69, 9.17) is 22.3 Å². The summed E-state index contributed by atoms with van der Waals surface area (Å²) >= 11 is 0. The molecule has 1 aromatic rings. The van der Waals surface area contributed by atoms with E-state index in [0.29, 0.717) is 5.56 Å². The van der Waals surface area contributed by atoms with Crippen LogP contribution in [0.4, 0.5) is 0 Å². The molecule has 0 aliphatic carbocycles. The normalized spacial score (nSPS) is 13.7. The second-order valence-electron chi connectivity index (χ2n) is 8.61. The Morgan fingerprint density at radius 2 is 1.26 bits per heavy atom. The van der Waals surface area contributed by atoms with Gasteiger partial charge in [-0.05, 0) is 30.5 Å². The van der Waals surface area contributed by atoms with Crippen LogP contribution in [-0.2, 0) is 40.0 Å². The molecule has 0 saturated heterocycles. The van der Waals surface area contributed by atoms with E-state index in [1.165, 1.54) is 24.3 Å². The van der Waals surface area contributed by atoms with Gasteiger partial charge in [-0.1, -0.05) is 12.1 Å². The first-order chi connectivity index (χ1) is 18.2. The lowest BCUT2D eigenvalue weighted by Crippen LogP contribution is -2.58. The van der Waals surface area contributed by atoms with Crippen LogP contribution < -0.4 is 33.2 Å². The Hall–Kier alpha value is -4.73. The predicted octanol–water partition coefficient (Wildman–Crippen LogP) is -3.19. The molecule has 5 amide bonds. The van der Waals surface area contributed by atoms with Crippen LogP contribution in [0.15, 0.2) is 24.3 Å². The second-order valence-corrected chi connectivity index (χ2v) is 8.61. The van der Waals surface area contributed by atoms with Crippen LogP contribution >= 0.6 is 0 Å². The fourth-order valence-electron chi connectivity index (χ4n) is 3.27. The van der Waals surface area contributed by atoms with Gasteiger partial charge in [0.2, 0.25) is 29.5 Å². The topological polar surface area (TPSA) is 294 Å². The van der Waals surface area contributed by atoms with Crippen molar-refractivity contribution >= 4 is 41.5 Å². The molecule has 0 aliphatic heterocycles. The number of phenols is 1. The molecule has 4 atom stereocenters. The maximum absolute atomic E-state index is 13.1. The Balaban J connectivity index is 3.18. The maximum atomic E-state index is 13.1. The fourth-order valence-corrected chi connectivity index (χ4v) is 3.27. The van der Waals surface area contributed by atoms with Gasteiger partial charge in [0.1, 0.15) is 23.9 Å². The van der Waals surface area contributed by atoms with Gasteiger partial charge < -0.3 is 48.5 Å². The zero-order chi connectivity index (χ0) is 29.7. The number of amides is 5. The molecule has 0 aromatic heterocycles. The summed E-state index contributed by atoms with van der Waals surface area (Å²) in [5, 5.41) is 34.4. The van der Waals surface area contributed by atoms with Crippen molar-refractivity contribution in [1.29, 1.82) is 0 Å². The quantitative estimate of drug-likeness (QED) is 0.0927. The molecule has 0 aliphatic rings. The minimum absolute atomic E-state index is 0.0790. The number of carbonyl (C=O) groups excluding carboxylic acids is 5. The maximum Gasteiger partial charge on any atom is 0.326 e. The smallest absolute Gasteiger partial charge is 0.326 e. The molecule has 0 fully saturated rings. The zero-order valence-electron chi connectivity index (χ0n) is 20.8. The molecular weight excluding hydrogens is 520 g/mol. The van der Waals surface area contributed by atoms with Crippen molar-refractivity contribution in [3.63, 3.8) is 0 Å². The number of primary amides is 2. The Bertz CT molecular complexity index is 1080. The number of carboxylic acids is 2. The van der Waals surface area contributed by atoms with Gasteiger partial charge in [0, 0.05) is 19.3 Å². The highest BCUT2D eigenvalue weighted by atomic mass is 16.4. The summed E-state index contributed by atoms with van der Waals surface area (Å²) in [5.74, 6) is -7.50. The summed E-state index contributed by atoms with van der Waals surface area (Å²) in [6, 6.07) is -0.386. The highest BCUT2D eigenvalue weighted by molar-refractivity contribution is 5.95. The van der Waals surface area contributed by atoms with Gasteiger partial charge in [0.15, 0.2) is 0 Å². The van der Waals surface area contributed by atoms with E-state index >= 15 is 0 Å². The molecule has 4 unspecified atom stereocenters. The first kappa shape index (κ1) is 32.3. The van der Waals surface area contributed by atoms with Gasteiger partial charge in [-0.2, -0.15) is 0 Å². The van der Waals surface area contributed by atoms with Crippen molar-refractivity contribution < 1.29 is 48.9 Å². The molecule has 0 spiro atoms. The monoisotopic (exact) mass is 552 g/mol. The third kappa shape index (κ3) is 12.4. The number of hydrogen-bond acceptors (Lipinski definition) is 9. The number of nitrogens with one attached hydrogen (secondary N) is 3. The first-order valence-electron chi connectivity index (χ1n) is 11.6. The van der Waals surface area contributed by atoms with Gasteiger partial charge in [0.25, 0.3) is 0 Å². The summed E-state index contributed by atoms with van der Waals surface area (Å²) in [5.41, 5.74) is 16.3. The fraction of sp³-hybridized carbons (Fsp3) is 0.435. The van der Waals surface area contributed by atoms with E-state index in [2.05, 4.69) is 16.0 Å². The molecular formula is C23H32N6O10. The molecule has 0 radical (unpaired) electrons. The molecule has 0 saturated carbocycles. The molecule has 1 aromatic carbocycles. The molecule has 0 heterocycles. The van der Waals surface area contributed by atoms with Gasteiger partial charge in [-0.15, -0.1) is 0 Å². The SMILES string of the molecule is NC(=O)CCC(NC(=O)C(N)CCC(=O)O)C(=O)NC(Cc1ccc(O)cc1)C(=O)NC(CC(N)=O)C(=O)O. The Morgan fingerprint density at radius 1 is 0.718 bits per heavy atom. The van der Waals surface area contributed by atoms with Crippen molar-refractivity contribution in [3.05, 3.63) is 29.8 Å². The molecule has 39 heavy (non-hydrogen) atoms. The van der Waals surface area contributed by atoms with Crippen molar-refractivity contribution in [2.24, 2.45) is 17.2 Å². The Labute approximate surface area is 222 Å². The lowest BCUT2D eigenvalue weighted by atomic mass is 10.0. The van der Waals surface area contributed by atoms with Crippen molar-refractivity contribution in [2.45, 2.75) is 62.7 Å². The molecule has 214 valence electrons. The lowest BCUT2D eigenvalue weighted by molar-refractivity contribution is -0.143. The zero-order valence-corrected chi connectivity index (χ0v) is 20.8. The lowest BCUT2D eigenvalue weighted by Gasteiger charge is -2.25. The number of hydrogen-bond donors (Lipinski definition) is 9. The van der Waals surface area contributed by atoms with E-state index in [1.54, 1.807) is 0 Å². The number of aromatic hydroxyl groups is 1. The van der Waals surface area contributed by atoms with E-state index in [1.807, 2.05) is 0 Å². The van der Waals surface area contributed by atoms with Crippen LogP contribution in [0.2, 0.25) is 0 Å². The number of phenolic OH excluding ortho intramolecular Hbond substituents is 1. The number of nitrogens with two attached hydrogens (primary N) is 3.